The number of nitrogens with zero attached hydrogens (tertiary/aromatic N) is 5. The molecule has 1 saturated heterocycles. The second-order valence-corrected chi connectivity index (χ2v) is 7.65. The van der Waals surface area contributed by atoms with Crippen molar-refractivity contribution in [2.24, 2.45) is 0 Å². The summed E-state index contributed by atoms with van der Waals surface area (Å²) in [5.41, 5.74) is 0.752. The van der Waals surface area contributed by atoms with Gasteiger partial charge in [-0.1, -0.05) is 16.5 Å². The molecule has 0 aromatic carbocycles. The Kier molecular flexibility index (Phi) is 4.09. The van der Waals surface area contributed by atoms with Gasteiger partial charge in [-0.3, -0.25) is 4.79 Å². The summed E-state index contributed by atoms with van der Waals surface area (Å²) in [6.45, 7) is 3.09. The lowest BCUT2D eigenvalue weighted by atomic mass is 10.1. The summed E-state index contributed by atoms with van der Waals surface area (Å²) >= 11 is 1.41. The molecule has 0 radical (unpaired) electrons. The van der Waals surface area contributed by atoms with E-state index in [0.29, 0.717) is 35.4 Å². The molecule has 28 heavy (non-hydrogen) atoms. The number of carbonyl (C=O) groups is 1. The van der Waals surface area contributed by atoms with Gasteiger partial charge in [-0.15, -0.1) is 0 Å². The van der Waals surface area contributed by atoms with Crippen LogP contribution in [0.15, 0.2) is 51.9 Å². The Hall–Kier alpha value is -3.20. The highest BCUT2D eigenvalue weighted by atomic mass is 32.1. The van der Waals surface area contributed by atoms with Crippen molar-refractivity contribution in [1.82, 2.24) is 24.6 Å². The number of carbonyl (C=O) groups excluding carboxylic acids is 1. The van der Waals surface area contributed by atoms with Crippen molar-refractivity contribution in [2.75, 3.05) is 13.1 Å². The smallest absolute Gasteiger partial charge is 0.293 e. The minimum atomic E-state index is 0.00524. The first kappa shape index (κ1) is 16.9. The van der Waals surface area contributed by atoms with E-state index in [1.165, 1.54) is 11.3 Å². The Morgan fingerprint density at radius 3 is 2.89 bits per heavy atom. The molecule has 0 bridgehead atoms. The average molecular weight is 395 g/mol. The Labute approximate surface area is 164 Å². The summed E-state index contributed by atoms with van der Waals surface area (Å²) in [6, 6.07) is 7.42. The molecular formula is C19H17N5O3S. The van der Waals surface area contributed by atoms with Crippen LogP contribution in [0.4, 0.5) is 0 Å². The van der Waals surface area contributed by atoms with E-state index < -0.39 is 0 Å². The van der Waals surface area contributed by atoms with Gasteiger partial charge in [0.2, 0.25) is 0 Å². The van der Waals surface area contributed by atoms with Crippen molar-refractivity contribution in [3.63, 3.8) is 0 Å². The molecule has 1 aliphatic heterocycles. The molecule has 9 heteroatoms. The number of aryl methyl sites for hydroxylation is 1. The third kappa shape index (κ3) is 2.93. The topological polar surface area (TPSA) is 90.2 Å². The van der Waals surface area contributed by atoms with E-state index in [2.05, 4.69) is 15.1 Å². The number of rotatable bonds is 4. The molecule has 1 atom stereocenters. The van der Waals surface area contributed by atoms with E-state index in [9.17, 15) is 4.79 Å². The minimum Gasteiger partial charge on any atom is -0.459 e. The maximum atomic E-state index is 13.0. The van der Waals surface area contributed by atoms with Crippen molar-refractivity contribution in [3.05, 3.63) is 59.3 Å². The van der Waals surface area contributed by atoms with E-state index in [0.717, 1.165) is 17.2 Å². The van der Waals surface area contributed by atoms with Crippen LogP contribution < -0.4 is 0 Å². The molecule has 8 nitrogen and oxygen atoms in total. The molecule has 0 spiro atoms. The summed E-state index contributed by atoms with van der Waals surface area (Å²) in [4.78, 5) is 24.5. The van der Waals surface area contributed by atoms with Crippen LogP contribution in [-0.2, 0) is 0 Å². The maximum absolute atomic E-state index is 13.0. The second kappa shape index (κ2) is 6.75. The molecule has 1 fully saturated rings. The largest absolute Gasteiger partial charge is 0.459 e. The fourth-order valence-corrected chi connectivity index (χ4v) is 4.36. The lowest BCUT2D eigenvalue weighted by molar-refractivity contribution is 0.0794. The van der Waals surface area contributed by atoms with Crippen molar-refractivity contribution >= 4 is 17.2 Å². The Morgan fingerprint density at radius 1 is 1.25 bits per heavy atom. The molecule has 0 saturated carbocycles. The van der Waals surface area contributed by atoms with E-state index in [1.807, 2.05) is 40.9 Å². The number of thiazole rings is 1. The number of hydrogen-bond donors (Lipinski definition) is 0. The molecule has 4 aromatic heterocycles. The van der Waals surface area contributed by atoms with Crippen LogP contribution in [0.5, 0.6) is 0 Å². The zero-order valence-corrected chi connectivity index (χ0v) is 15.9. The summed E-state index contributed by atoms with van der Waals surface area (Å²) in [5, 5.41) is 4.87. The molecule has 1 amide bonds. The van der Waals surface area contributed by atoms with Gasteiger partial charge in [0.15, 0.2) is 16.7 Å². The van der Waals surface area contributed by atoms with E-state index in [4.69, 9.17) is 8.94 Å². The van der Waals surface area contributed by atoms with Gasteiger partial charge in [0, 0.05) is 31.4 Å². The highest BCUT2D eigenvalue weighted by molar-refractivity contribution is 7.16. The van der Waals surface area contributed by atoms with Gasteiger partial charge in [-0.2, -0.15) is 4.98 Å². The molecule has 4 aromatic rings. The first-order valence-electron chi connectivity index (χ1n) is 8.96. The van der Waals surface area contributed by atoms with Gasteiger partial charge in [-0.25, -0.2) is 4.98 Å². The summed E-state index contributed by atoms with van der Waals surface area (Å²) in [7, 11) is 0. The van der Waals surface area contributed by atoms with Crippen molar-refractivity contribution in [3.8, 4) is 16.8 Å². The average Bonchev–Trinajstić information content (AvgIpc) is 3.52. The Morgan fingerprint density at radius 2 is 2.11 bits per heavy atom. The molecule has 0 N–H and O–H groups in total. The van der Waals surface area contributed by atoms with Crippen molar-refractivity contribution < 1.29 is 13.7 Å². The zero-order valence-electron chi connectivity index (χ0n) is 15.1. The molecular weight excluding hydrogens is 378 g/mol. The summed E-state index contributed by atoms with van der Waals surface area (Å²) in [6.07, 6.45) is 6.20. The van der Waals surface area contributed by atoms with Gasteiger partial charge in [0.05, 0.1) is 12.0 Å². The zero-order chi connectivity index (χ0) is 19.1. The molecule has 1 unspecified atom stereocenters. The van der Waals surface area contributed by atoms with Crippen LogP contribution >= 0.6 is 11.3 Å². The van der Waals surface area contributed by atoms with Gasteiger partial charge in [0.1, 0.15) is 4.88 Å². The predicted octanol–water partition coefficient (Wildman–Crippen LogP) is 3.51. The van der Waals surface area contributed by atoms with E-state index in [1.54, 1.807) is 18.4 Å². The molecule has 142 valence electrons. The van der Waals surface area contributed by atoms with Gasteiger partial charge in [-0.05, 0) is 37.6 Å². The van der Waals surface area contributed by atoms with Gasteiger partial charge >= 0.3 is 0 Å². The highest BCUT2D eigenvalue weighted by Gasteiger charge is 2.33. The van der Waals surface area contributed by atoms with Crippen molar-refractivity contribution in [1.29, 1.82) is 0 Å². The van der Waals surface area contributed by atoms with Crippen LogP contribution in [0.1, 0.15) is 33.5 Å². The quantitative estimate of drug-likeness (QED) is 0.525. The SMILES string of the molecule is Cc1nc(-n2cccc2)sc1C(=O)N1CCC(c2noc(-c3ccco3)n2)C1. The fraction of sp³-hybridized carbons (Fsp3) is 0.263. The maximum Gasteiger partial charge on any atom is 0.293 e. The van der Waals surface area contributed by atoms with E-state index in [-0.39, 0.29) is 11.8 Å². The fourth-order valence-electron chi connectivity index (χ4n) is 3.35. The first-order chi connectivity index (χ1) is 13.7. The molecule has 1 aliphatic rings. The second-order valence-electron chi connectivity index (χ2n) is 6.67. The number of hydrogen-bond acceptors (Lipinski definition) is 7. The monoisotopic (exact) mass is 395 g/mol. The summed E-state index contributed by atoms with van der Waals surface area (Å²) < 4.78 is 12.5. The van der Waals surface area contributed by atoms with E-state index >= 15 is 0 Å². The minimum absolute atomic E-state index is 0.00524. The van der Waals surface area contributed by atoms with Crippen LogP contribution in [0.25, 0.3) is 16.8 Å². The Balaban J connectivity index is 1.32. The molecule has 0 aliphatic carbocycles. The lowest BCUT2D eigenvalue weighted by Gasteiger charge is -2.14. The number of aromatic nitrogens is 4. The van der Waals surface area contributed by atoms with Crippen LogP contribution in [0.3, 0.4) is 0 Å². The standard InChI is InChI=1S/C19H17N5O3S/c1-12-15(28-19(20-12)23-7-2-3-8-23)18(25)24-9-6-13(11-24)16-21-17(27-22-16)14-5-4-10-26-14/h2-5,7-8,10,13H,6,9,11H2,1H3. The van der Waals surface area contributed by atoms with Crippen LogP contribution in [-0.4, -0.2) is 43.6 Å². The normalized spacial score (nSPS) is 16.8. The molecule has 5 rings (SSSR count). The number of furan rings is 1. The van der Waals surface area contributed by atoms with Crippen LogP contribution in [0.2, 0.25) is 0 Å². The van der Waals surface area contributed by atoms with Crippen molar-refractivity contribution in [2.45, 2.75) is 19.3 Å². The third-order valence-electron chi connectivity index (χ3n) is 4.82. The lowest BCUT2D eigenvalue weighted by Crippen LogP contribution is -2.28. The highest BCUT2D eigenvalue weighted by Crippen LogP contribution is 2.30. The summed E-state index contributed by atoms with van der Waals surface area (Å²) in [5.74, 6) is 1.57. The third-order valence-corrected chi connectivity index (χ3v) is 5.98. The number of likely N-dealkylation sites (tertiary alicyclic amines) is 1. The predicted molar refractivity (Wildman–Crippen MR) is 101 cm³/mol. The van der Waals surface area contributed by atoms with Crippen LogP contribution in [0, 0.1) is 6.92 Å². The van der Waals surface area contributed by atoms with Gasteiger partial charge in [0.25, 0.3) is 11.8 Å². The first-order valence-corrected chi connectivity index (χ1v) is 9.78. The molecule has 5 heterocycles. The number of amides is 1. The van der Waals surface area contributed by atoms with Gasteiger partial charge < -0.3 is 18.4 Å². The Bertz CT molecular complexity index is 1100.